The minimum absolute atomic E-state index is 0.537. The first-order valence-corrected chi connectivity index (χ1v) is 5.27. The van der Waals surface area contributed by atoms with Crippen LogP contribution in [-0.2, 0) is 0 Å². The first-order valence-electron chi connectivity index (χ1n) is 4.51. The molecule has 0 aliphatic rings. The Bertz CT molecular complexity index is 553. The van der Waals surface area contributed by atoms with Gasteiger partial charge in [-0.15, -0.1) is 0 Å². The van der Waals surface area contributed by atoms with Crippen LogP contribution in [-0.4, -0.2) is 4.98 Å². The van der Waals surface area contributed by atoms with E-state index in [1.807, 2.05) is 0 Å². The van der Waals surface area contributed by atoms with Crippen molar-refractivity contribution in [1.29, 1.82) is 5.26 Å². The molecule has 0 radical (unpaired) electrons. The van der Waals surface area contributed by atoms with E-state index in [-0.39, 0.29) is 0 Å². The van der Waals surface area contributed by atoms with E-state index in [0.717, 1.165) is 11.1 Å². The van der Waals surface area contributed by atoms with Gasteiger partial charge in [-0.05, 0) is 29.8 Å². The third-order valence-electron chi connectivity index (χ3n) is 2.12. The standard InChI is InChI=1S/C12H6Cl2N2/c13-10-3-9(4-11(14)5-10)12-7-16-2-1-8(12)6-15/h1-5,7H. The Morgan fingerprint density at radius 1 is 1.12 bits per heavy atom. The normalized spacial score (nSPS) is 9.81. The summed E-state index contributed by atoms with van der Waals surface area (Å²) in [4.78, 5) is 3.99. The molecule has 1 aromatic heterocycles. The third kappa shape index (κ3) is 2.16. The number of benzene rings is 1. The molecule has 16 heavy (non-hydrogen) atoms. The molecule has 0 aliphatic heterocycles. The molecule has 4 heteroatoms. The highest BCUT2D eigenvalue weighted by Crippen LogP contribution is 2.28. The molecule has 2 nitrogen and oxygen atoms in total. The van der Waals surface area contributed by atoms with Gasteiger partial charge in [-0.3, -0.25) is 4.98 Å². The number of nitriles is 1. The van der Waals surface area contributed by atoms with Crippen molar-refractivity contribution in [1.82, 2.24) is 4.98 Å². The molecule has 0 amide bonds. The average molecular weight is 249 g/mol. The Hall–Kier alpha value is -1.56. The van der Waals surface area contributed by atoms with Gasteiger partial charge in [0.05, 0.1) is 11.6 Å². The van der Waals surface area contributed by atoms with E-state index in [9.17, 15) is 0 Å². The van der Waals surface area contributed by atoms with Crippen LogP contribution in [0.2, 0.25) is 10.0 Å². The Morgan fingerprint density at radius 2 is 1.81 bits per heavy atom. The predicted molar refractivity (Wildman–Crippen MR) is 64.4 cm³/mol. The number of rotatable bonds is 1. The molecule has 0 saturated carbocycles. The van der Waals surface area contributed by atoms with Gasteiger partial charge >= 0.3 is 0 Å². The Morgan fingerprint density at radius 3 is 2.44 bits per heavy atom. The van der Waals surface area contributed by atoms with Crippen LogP contribution in [0.25, 0.3) is 11.1 Å². The highest BCUT2D eigenvalue weighted by atomic mass is 35.5. The number of pyridine rings is 1. The number of halogens is 2. The molecule has 0 atom stereocenters. The SMILES string of the molecule is N#Cc1ccncc1-c1cc(Cl)cc(Cl)c1. The van der Waals surface area contributed by atoms with Crippen molar-refractivity contribution < 1.29 is 0 Å². The van der Waals surface area contributed by atoms with E-state index in [4.69, 9.17) is 28.5 Å². The molecule has 1 heterocycles. The van der Waals surface area contributed by atoms with E-state index < -0.39 is 0 Å². The molecular weight excluding hydrogens is 243 g/mol. The van der Waals surface area contributed by atoms with E-state index in [1.165, 1.54) is 0 Å². The Balaban J connectivity index is 2.63. The fourth-order valence-corrected chi connectivity index (χ4v) is 1.96. The lowest BCUT2D eigenvalue weighted by atomic mass is 10.0. The predicted octanol–water partition coefficient (Wildman–Crippen LogP) is 3.93. The first kappa shape index (κ1) is 10.9. The fourth-order valence-electron chi connectivity index (χ4n) is 1.43. The number of nitrogens with zero attached hydrogens (tertiary/aromatic N) is 2. The summed E-state index contributed by atoms with van der Waals surface area (Å²) < 4.78 is 0. The van der Waals surface area contributed by atoms with Gasteiger partial charge in [0.1, 0.15) is 0 Å². The Kier molecular flexibility index (Phi) is 3.09. The van der Waals surface area contributed by atoms with Gasteiger partial charge < -0.3 is 0 Å². The van der Waals surface area contributed by atoms with Gasteiger partial charge in [0.2, 0.25) is 0 Å². The third-order valence-corrected chi connectivity index (χ3v) is 2.55. The Labute approximate surface area is 103 Å². The maximum absolute atomic E-state index is 8.97. The van der Waals surface area contributed by atoms with Crippen molar-refractivity contribution >= 4 is 23.2 Å². The smallest absolute Gasteiger partial charge is 0.0999 e. The van der Waals surface area contributed by atoms with Gasteiger partial charge in [-0.1, -0.05) is 23.2 Å². The van der Waals surface area contributed by atoms with E-state index in [2.05, 4.69) is 11.1 Å². The van der Waals surface area contributed by atoms with Crippen molar-refractivity contribution in [3.8, 4) is 17.2 Å². The van der Waals surface area contributed by atoms with Crippen LogP contribution in [0.5, 0.6) is 0 Å². The van der Waals surface area contributed by atoms with Crippen molar-refractivity contribution in [3.05, 3.63) is 52.3 Å². The van der Waals surface area contributed by atoms with E-state index in [1.54, 1.807) is 36.7 Å². The molecule has 0 unspecified atom stereocenters. The monoisotopic (exact) mass is 248 g/mol. The van der Waals surface area contributed by atoms with Gasteiger partial charge in [-0.2, -0.15) is 5.26 Å². The quantitative estimate of drug-likeness (QED) is 0.767. The zero-order valence-corrected chi connectivity index (χ0v) is 9.63. The molecule has 2 aromatic rings. The van der Waals surface area contributed by atoms with Gasteiger partial charge in [0.25, 0.3) is 0 Å². The second-order valence-electron chi connectivity index (χ2n) is 3.19. The van der Waals surface area contributed by atoms with Gasteiger partial charge in [0.15, 0.2) is 0 Å². The van der Waals surface area contributed by atoms with Crippen LogP contribution in [0, 0.1) is 11.3 Å². The summed E-state index contributed by atoms with van der Waals surface area (Å²) in [6, 6.07) is 8.92. The van der Waals surface area contributed by atoms with E-state index in [0.29, 0.717) is 15.6 Å². The van der Waals surface area contributed by atoms with Crippen LogP contribution in [0.15, 0.2) is 36.7 Å². The lowest BCUT2D eigenvalue weighted by Crippen LogP contribution is -1.86. The molecule has 1 aromatic carbocycles. The van der Waals surface area contributed by atoms with Crippen LogP contribution >= 0.6 is 23.2 Å². The molecule has 0 bridgehead atoms. The van der Waals surface area contributed by atoms with Crippen molar-refractivity contribution in [2.24, 2.45) is 0 Å². The summed E-state index contributed by atoms with van der Waals surface area (Å²) in [7, 11) is 0. The van der Waals surface area contributed by atoms with Crippen LogP contribution in [0.3, 0.4) is 0 Å². The van der Waals surface area contributed by atoms with Gasteiger partial charge in [0, 0.05) is 28.0 Å². The first-order chi connectivity index (χ1) is 7.70. The van der Waals surface area contributed by atoms with E-state index >= 15 is 0 Å². The lowest BCUT2D eigenvalue weighted by molar-refractivity contribution is 1.31. The fraction of sp³-hybridized carbons (Fsp3) is 0. The summed E-state index contributed by atoms with van der Waals surface area (Å²) in [6.45, 7) is 0. The highest BCUT2D eigenvalue weighted by molar-refractivity contribution is 6.35. The average Bonchev–Trinajstić information content (AvgIpc) is 2.27. The molecular formula is C12H6Cl2N2. The maximum atomic E-state index is 8.97. The summed E-state index contributed by atoms with van der Waals surface area (Å²) in [5.74, 6) is 0. The topological polar surface area (TPSA) is 36.7 Å². The molecule has 0 N–H and O–H groups in total. The summed E-state index contributed by atoms with van der Waals surface area (Å²) in [6.07, 6.45) is 3.20. The highest BCUT2D eigenvalue weighted by Gasteiger charge is 2.06. The molecule has 78 valence electrons. The minimum Gasteiger partial charge on any atom is -0.264 e. The van der Waals surface area contributed by atoms with Crippen molar-refractivity contribution in [2.75, 3.05) is 0 Å². The van der Waals surface area contributed by atoms with Crippen LogP contribution in [0.1, 0.15) is 5.56 Å². The van der Waals surface area contributed by atoms with Crippen LogP contribution < -0.4 is 0 Å². The second kappa shape index (κ2) is 4.52. The lowest BCUT2D eigenvalue weighted by Gasteiger charge is -2.04. The summed E-state index contributed by atoms with van der Waals surface area (Å²) >= 11 is 11.8. The molecule has 0 aliphatic carbocycles. The van der Waals surface area contributed by atoms with Crippen LogP contribution in [0.4, 0.5) is 0 Å². The number of aromatic nitrogens is 1. The van der Waals surface area contributed by atoms with Crippen molar-refractivity contribution in [3.63, 3.8) is 0 Å². The molecule has 0 fully saturated rings. The van der Waals surface area contributed by atoms with Gasteiger partial charge in [-0.25, -0.2) is 0 Å². The molecule has 0 saturated heterocycles. The summed E-state index contributed by atoms with van der Waals surface area (Å²) in [5.41, 5.74) is 2.07. The zero-order chi connectivity index (χ0) is 11.5. The minimum atomic E-state index is 0.537. The zero-order valence-electron chi connectivity index (χ0n) is 8.11. The number of hydrogen-bond acceptors (Lipinski definition) is 2. The van der Waals surface area contributed by atoms with Crippen molar-refractivity contribution in [2.45, 2.75) is 0 Å². The molecule has 2 rings (SSSR count). The maximum Gasteiger partial charge on any atom is 0.0999 e. The number of hydrogen-bond donors (Lipinski definition) is 0. The second-order valence-corrected chi connectivity index (χ2v) is 4.06. The summed E-state index contributed by atoms with van der Waals surface area (Å²) in [5, 5.41) is 10.0. The molecule has 0 spiro atoms. The largest absolute Gasteiger partial charge is 0.264 e.